The van der Waals surface area contributed by atoms with Crippen molar-refractivity contribution in [1.29, 1.82) is 0 Å². The maximum atomic E-state index is 12.8. The summed E-state index contributed by atoms with van der Waals surface area (Å²) in [5.41, 5.74) is 2.18. The lowest BCUT2D eigenvalue weighted by molar-refractivity contribution is 0.0951. The van der Waals surface area contributed by atoms with Crippen molar-refractivity contribution in [2.75, 3.05) is 6.26 Å². The highest BCUT2D eigenvalue weighted by Crippen LogP contribution is 2.30. The number of pyridine rings is 1. The predicted octanol–water partition coefficient (Wildman–Crippen LogP) is 3.57. The molecule has 1 aliphatic carbocycles. The van der Waals surface area contributed by atoms with Gasteiger partial charge < -0.3 is 10.1 Å². The molecule has 1 amide bonds. The molecule has 0 aliphatic heterocycles. The molecule has 4 rings (SSSR count). The van der Waals surface area contributed by atoms with Gasteiger partial charge in [-0.1, -0.05) is 12.1 Å². The third kappa shape index (κ3) is 5.42. The first-order valence-corrected chi connectivity index (χ1v) is 12.7. The fraction of sp³-hybridized carbons (Fsp3) is 0.375. The van der Waals surface area contributed by atoms with Crippen molar-refractivity contribution < 1.29 is 17.9 Å². The second-order valence-corrected chi connectivity index (χ2v) is 11.3. The molecule has 0 atom stereocenters. The molecule has 9 heteroatoms. The summed E-state index contributed by atoms with van der Waals surface area (Å²) in [6.45, 7) is 6.27. The van der Waals surface area contributed by atoms with E-state index in [0.29, 0.717) is 22.7 Å². The SMILES string of the molecule is CC(C)(C)n1ncc(C(=O)NC2CC2)c1-c1ccc(OCc2cccc(S(C)(=O)=O)c2)cn1. The minimum absolute atomic E-state index is 0.143. The van der Waals surface area contributed by atoms with Crippen molar-refractivity contribution in [1.82, 2.24) is 20.1 Å². The quantitative estimate of drug-likeness (QED) is 0.569. The zero-order valence-electron chi connectivity index (χ0n) is 19.2. The summed E-state index contributed by atoms with van der Waals surface area (Å²) in [6, 6.07) is 10.5. The monoisotopic (exact) mass is 468 g/mol. The van der Waals surface area contributed by atoms with Crippen LogP contribution in [0.1, 0.15) is 49.5 Å². The number of hydrogen-bond donors (Lipinski definition) is 1. The van der Waals surface area contributed by atoms with Gasteiger partial charge in [0.25, 0.3) is 5.91 Å². The van der Waals surface area contributed by atoms with Gasteiger partial charge in [-0.05, 0) is 63.4 Å². The molecule has 0 bridgehead atoms. The lowest BCUT2D eigenvalue weighted by Crippen LogP contribution is -2.27. The molecule has 1 saturated carbocycles. The van der Waals surface area contributed by atoms with Crippen LogP contribution in [-0.4, -0.2) is 41.4 Å². The Balaban J connectivity index is 1.56. The molecule has 1 aliphatic rings. The van der Waals surface area contributed by atoms with Gasteiger partial charge in [-0.2, -0.15) is 5.10 Å². The van der Waals surface area contributed by atoms with E-state index in [2.05, 4.69) is 15.4 Å². The number of nitrogens with one attached hydrogen (secondary N) is 1. The molecule has 1 N–H and O–H groups in total. The van der Waals surface area contributed by atoms with E-state index in [1.54, 1.807) is 42.7 Å². The largest absolute Gasteiger partial charge is 0.487 e. The van der Waals surface area contributed by atoms with Crippen molar-refractivity contribution >= 4 is 15.7 Å². The fourth-order valence-corrected chi connectivity index (χ4v) is 4.09. The maximum Gasteiger partial charge on any atom is 0.255 e. The zero-order chi connectivity index (χ0) is 23.8. The Hall–Kier alpha value is -3.20. The van der Waals surface area contributed by atoms with Gasteiger partial charge in [0.2, 0.25) is 0 Å². The minimum Gasteiger partial charge on any atom is -0.487 e. The molecule has 2 aromatic heterocycles. The first-order valence-electron chi connectivity index (χ1n) is 10.8. The van der Waals surface area contributed by atoms with E-state index in [1.807, 2.05) is 31.5 Å². The third-order valence-corrected chi connectivity index (χ3v) is 6.38. The predicted molar refractivity (Wildman–Crippen MR) is 125 cm³/mol. The van der Waals surface area contributed by atoms with Gasteiger partial charge in [-0.25, -0.2) is 8.42 Å². The van der Waals surface area contributed by atoms with Gasteiger partial charge in [0.15, 0.2) is 9.84 Å². The van der Waals surface area contributed by atoms with E-state index < -0.39 is 9.84 Å². The van der Waals surface area contributed by atoms with Crippen LogP contribution in [0.3, 0.4) is 0 Å². The zero-order valence-corrected chi connectivity index (χ0v) is 20.0. The van der Waals surface area contributed by atoms with E-state index >= 15 is 0 Å². The Kier molecular flexibility index (Phi) is 6.00. The first kappa shape index (κ1) is 23.0. The molecule has 8 nitrogen and oxygen atoms in total. The average molecular weight is 469 g/mol. The number of ether oxygens (including phenoxy) is 1. The van der Waals surface area contributed by atoms with Gasteiger partial charge >= 0.3 is 0 Å². The average Bonchev–Trinajstić information content (AvgIpc) is 3.44. The Morgan fingerprint density at radius 1 is 1.18 bits per heavy atom. The molecule has 2 heterocycles. The summed E-state index contributed by atoms with van der Waals surface area (Å²) in [6.07, 6.45) is 6.38. The van der Waals surface area contributed by atoms with Crippen LogP contribution in [0.2, 0.25) is 0 Å². The molecule has 1 aromatic carbocycles. The highest BCUT2D eigenvalue weighted by atomic mass is 32.2. The Morgan fingerprint density at radius 2 is 1.94 bits per heavy atom. The number of nitrogens with zero attached hydrogens (tertiary/aromatic N) is 3. The molecule has 3 aromatic rings. The molecule has 0 radical (unpaired) electrons. The summed E-state index contributed by atoms with van der Waals surface area (Å²) in [5.74, 6) is 0.394. The molecule has 0 spiro atoms. The highest BCUT2D eigenvalue weighted by Gasteiger charge is 2.29. The van der Waals surface area contributed by atoms with Crippen molar-refractivity contribution in [3.05, 3.63) is 59.9 Å². The number of hydrogen-bond acceptors (Lipinski definition) is 6. The number of sulfone groups is 1. The van der Waals surface area contributed by atoms with Crippen LogP contribution in [0.5, 0.6) is 5.75 Å². The van der Waals surface area contributed by atoms with Gasteiger partial charge in [-0.3, -0.25) is 14.5 Å². The van der Waals surface area contributed by atoms with Crippen molar-refractivity contribution in [3.63, 3.8) is 0 Å². The van der Waals surface area contributed by atoms with Crippen LogP contribution in [0, 0.1) is 0 Å². The summed E-state index contributed by atoms with van der Waals surface area (Å²) in [7, 11) is -3.28. The van der Waals surface area contributed by atoms with Crippen LogP contribution >= 0.6 is 0 Å². The maximum absolute atomic E-state index is 12.8. The van der Waals surface area contributed by atoms with Crippen LogP contribution in [0.15, 0.2) is 53.7 Å². The van der Waals surface area contributed by atoms with E-state index in [9.17, 15) is 13.2 Å². The lowest BCUT2D eigenvalue weighted by atomic mass is 10.1. The fourth-order valence-electron chi connectivity index (χ4n) is 3.40. The van der Waals surface area contributed by atoms with Crippen LogP contribution < -0.4 is 10.1 Å². The smallest absolute Gasteiger partial charge is 0.255 e. The van der Waals surface area contributed by atoms with Gasteiger partial charge in [0, 0.05) is 12.3 Å². The number of amides is 1. The Morgan fingerprint density at radius 3 is 2.55 bits per heavy atom. The van der Waals surface area contributed by atoms with Crippen LogP contribution in [-0.2, 0) is 22.0 Å². The second-order valence-electron chi connectivity index (χ2n) is 9.32. The summed E-state index contributed by atoms with van der Waals surface area (Å²) in [5, 5.41) is 7.50. The first-order chi connectivity index (χ1) is 15.5. The van der Waals surface area contributed by atoms with Crippen molar-refractivity contribution in [2.24, 2.45) is 0 Å². The van der Waals surface area contributed by atoms with E-state index in [-0.39, 0.29) is 29.0 Å². The number of aromatic nitrogens is 3. The van der Waals surface area contributed by atoms with E-state index in [0.717, 1.165) is 18.4 Å². The van der Waals surface area contributed by atoms with Gasteiger partial charge in [-0.15, -0.1) is 0 Å². The molecular formula is C24H28N4O4S. The number of carbonyl (C=O) groups is 1. The molecular weight excluding hydrogens is 440 g/mol. The van der Waals surface area contributed by atoms with Gasteiger partial charge in [0.1, 0.15) is 18.1 Å². The van der Waals surface area contributed by atoms with Crippen LogP contribution in [0.25, 0.3) is 11.4 Å². The second kappa shape index (κ2) is 8.62. The normalized spacial score (nSPS) is 14.2. The lowest BCUT2D eigenvalue weighted by Gasteiger charge is -2.22. The number of benzene rings is 1. The summed E-state index contributed by atoms with van der Waals surface area (Å²) in [4.78, 5) is 17.6. The molecule has 0 unspecified atom stereocenters. The summed E-state index contributed by atoms with van der Waals surface area (Å²) < 4.78 is 31.1. The van der Waals surface area contributed by atoms with E-state index in [1.165, 1.54) is 6.26 Å². The van der Waals surface area contributed by atoms with Crippen LogP contribution in [0.4, 0.5) is 0 Å². The number of rotatable bonds is 7. The molecule has 174 valence electrons. The topological polar surface area (TPSA) is 103 Å². The standard InChI is InChI=1S/C24H28N4O4S/c1-24(2,3)28-22(20(14-26-28)23(29)27-17-8-9-17)21-11-10-18(13-25-21)32-15-16-6-5-7-19(12-16)33(4,30)31/h5-7,10-14,17H,8-9,15H2,1-4H3,(H,27,29). The highest BCUT2D eigenvalue weighted by molar-refractivity contribution is 7.90. The van der Waals surface area contributed by atoms with Crippen molar-refractivity contribution in [3.8, 4) is 17.1 Å². The Labute approximate surface area is 193 Å². The third-order valence-electron chi connectivity index (χ3n) is 5.27. The minimum atomic E-state index is -3.28. The van der Waals surface area contributed by atoms with Gasteiger partial charge in [0.05, 0.1) is 34.1 Å². The van der Waals surface area contributed by atoms with Crippen molar-refractivity contribution in [2.45, 2.75) is 56.7 Å². The van der Waals surface area contributed by atoms with E-state index in [4.69, 9.17) is 4.74 Å². The Bertz CT molecular complexity index is 1270. The number of carbonyl (C=O) groups excluding carboxylic acids is 1. The molecule has 33 heavy (non-hydrogen) atoms. The molecule has 0 saturated heterocycles. The summed E-state index contributed by atoms with van der Waals surface area (Å²) >= 11 is 0. The molecule has 1 fully saturated rings.